The molecule has 10 heteroatoms. The number of amides is 1. The SMILES string of the molecule is Cc1nn(C)c2nc(-c3cccs3)cc(C(=O)Nc3cccc(S(=O)(=O)NC4CC4)c3)c12. The van der Waals surface area contributed by atoms with Crippen molar-refractivity contribution in [1.82, 2.24) is 19.5 Å². The van der Waals surface area contributed by atoms with Crippen LogP contribution in [-0.4, -0.2) is 35.1 Å². The average Bonchev–Trinajstić information content (AvgIpc) is 3.29. The third kappa shape index (κ3) is 3.92. The highest BCUT2D eigenvalue weighted by molar-refractivity contribution is 7.89. The van der Waals surface area contributed by atoms with Crippen molar-refractivity contribution in [2.24, 2.45) is 7.05 Å². The van der Waals surface area contributed by atoms with Crippen LogP contribution in [0.2, 0.25) is 0 Å². The highest BCUT2D eigenvalue weighted by Crippen LogP contribution is 2.30. The zero-order chi connectivity index (χ0) is 22.5. The molecule has 4 aromatic rings. The van der Waals surface area contributed by atoms with E-state index in [9.17, 15) is 13.2 Å². The van der Waals surface area contributed by atoms with E-state index in [1.165, 1.54) is 23.5 Å². The molecule has 32 heavy (non-hydrogen) atoms. The number of fused-ring (bicyclic) bond motifs is 1. The molecule has 2 N–H and O–H groups in total. The van der Waals surface area contributed by atoms with E-state index in [4.69, 9.17) is 4.98 Å². The number of hydrogen-bond acceptors (Lipinski definition) is 6. The first-order chi connectivity index (χ1) is 15.3. The van der Waals surface area contributed by atoms with Gasteiger partial charge < -0.3 is 5.32 Å². The van der Waals surface area contributed by atoms with Gasteiger partial charge in [-0.3, -0.25) is 9.48 Å². The monoisotopic (exact) mass is 467 g/mol. The van der Waals surface area contributed by atoms with Gasteiger partial charge in [0, 0.05) is 18.8 Å². The molecule has 0 bridgehead atoms. The van der Waals surface area contributed by atoms with Gasteiger partial charge in [-0.25, -0.2) is 18.1 Å². The van der Waals surface area contributed by atoms with Crippen molar-refractivity contribution in [2.75, 3.05) is 5.32 Å². The maximum absolute atomic E-state index is 13.3. The molecule has 0 spiro atoms. The summed E-state index contributed by atoms with van der Waals surface area (Å²) in [5, 5.41) is 9.91. The fourth-order valence-electron chi connectivity index (χ4n) is 3.60. The summed E-state index contributed by atoms with van der Waals surface area (Å²) in [4.78, 5) is 19.1. The Bertz CT molecular complexity index is 1440. The maximum Gasteiger partial charge on any atom is 0.256 e. The van der Waals surface area contributed by atoms with Crippen molar-refractivity contribution in [3.8, 4) is 10.6 Å². The number of sulfonamides is 1. The molecule has 1 saturated carbocycles. The topological polar surface area (TPSA) is 106 Å². The number of carbonyl (C=O) groups excluding carboxylic acids is 1. The Balaban J connectivity index is 1.52. The van der Waals surface area contributed by atoms with Crippen molar-refractivity contribution in [2.45, 2.75) is 30.7 Å². The number of nitrogens with zero attached hydrogens (tertiary/aromatic N) is 3. The van der Waals surface area contributed by atoms with E-state index in [0.717, 1.165) is 17.7 Å². The standard InChI is InChI=1S/C22H21N5O3S2/c1-13-20-17(12-18(19-7-4-10-31-19)24-21(20)27(2)25-13)22(28)23-15-5-3-6-16(11-15)32(29,30)26-14-8-9-14/h3-7,10-12,14,26H,8-9H2,1-2H3,(H,23,28). The summed E-state index contributed by atoms with van der Waals surface area (Å²) in [6.07, 6.45) is 1.70. The summed E-state index contributed by atoms with van der Waals surface area (Å²) >= 11 is 1.54. The molecule has 0 radical (unpaired) electrons. The lowest BCUT2D eigenvalue weighted by molar-refractivity contribution is 0.102. The zero-order valence-corrected chi connectivity index (χ0v) is 19.1. The molecule has 164 valence electrons. The molecular weight excluding hydrogens is 446 g/mol. The first-order valence-corrected chi connectivity index (χ1v) is 12.5. The minimum absolute atomic E-state index is 0.00702. The van der Waals surface area contributed by atoms with Crippen LogP contribution in [0, 0.1) is 6.92 Å². The van der Waals surface area contributed by atoms with Gasteiger partial charge in [0.1, 0.15) is 0 Å². The van der Waals surface area contributed by atoms with Crippen LogP contribution < -0.4 is 10.0 Å². The van der Waals surface area contributed by atoms with Crippen LogP contribution in [0.25, 0.3) is 21.6 Å². The number of carbonyl (C=O) groups is 1. The predicted octanol–water partition coefficient (Wildman–Crippen LogP) is 3.70. The van der Waals surface area contributed by atoms with E-state index in [0.29, 0.717) is 33.7 Å². The molecule has 1 fully saturated rings. The molecule has 1 aliphatic carbocycles. The minimum Gasteiger partial charge on any atom is -0.322 e. The van der Waals surface area contributed by atoms with Crippen molar-refractivity contribution < 1.29 is 13.2 Å². The summed E-state index contributed by atoms with van der Waals surface area (Å²) in [5.41, 5.74) is 2.84. The van der Waals surface area contributed by atoms with Gasteiger partial charge in [-0.15, -0.1) is 11.3 Å². The Labute approximate surface area is 189 Å². The third-order valence-corrected chi connectivity index (χ3v) is 7.70. The summed E-state index contributed by atoms with van der Waals surface area (Å²) in [7, 11) is -1.82. The molecule has 5 rings (SSSR count). The number of nitrogens with one attached hydrogen (secondary N) is 2. The van der Waals surface area contributed by atoms with Crippen LogP contribution >= 0.6 is 11.3 Å². The first-order valence-electron chi connectivity index (χ1n) is 10.1. The molecule has 0 atom stereocenters. The minimum atomic E-state index is -3.62. The Kier molecular flexibility index (Phi) is 5.07. The van der Waals surface area contributed by atoms with E-state index in [1.54, 1.807) is 29.9 Å². The highest BCUT2D eigenvalue weighted by atomic mass is 32.2. The average molecular weight is 468 g/mol. The molecule has 3 heterocycles. The summed E-state index contributed by atoms with van der Waals surface area (Å²) < 4.78 is 29.4. The van der Waals surface area contributed by atoms with E-state index in [2.05, 4.69) is 15.1 Å². The van der Waals surface area contributed by atoms with E-state index < -0.39 is 10.0 Å². The smallest absolute Gasteiger partial charge is 0.256 e. The number of benzene rings is 1. The molecule has 1 aromatic carbocycles. The number of hydrogen-bond donors (Lipinski definition) is 2. The van der Waals surface area contributed by atoms with Crippen LogP contribution in [0.3, 0.4) is 0 Å². The van der Waals surface area contributed by atoms with E-state index in [-0.39, 0.29) is 16.8 Å². The largest absolute Gasteiger partial charge is 0.322 e. The number of aryl methyl sites for hydroxylation is 2. The summed E-state index contributed by atoms with van der Waals surface area (Å²) in [6.45, 7) is 1.84. The van der Waals surface area contributed by atoms with Gasteiger partial charge in [0.2, 0.25) is 10.0 Å². The highest BCUT2D eigenvalue weighted by Gasteiger charge is 2.28. The number of thiophene rings is 1. The second kappa shape index (κ2) is 7.80. The molecule has 1 amide bonds. The van der Waals surface area contributed by atoms with Crippen LogP contribution in [0.4, 0.5) is 5.69 Å². The lowest BCUT2D eigenvalue weighted by Gasteiger charge is -2.11. The van der Waals surface area contributed by atoms with Crippen molar-refractivity contribution in [3.05, 3.63) is 59.1 Å². The zero-order valence-electron chi connectivity index (χ0n) is 17.5. The van der Waals surface area contributed by atoms with Crippen molar-refractivity contribution in [3.63, 3.8) is 0 Å². The quantitative estimate of drug-likeness (QED) is 0.450. The number of aromatic nitrogens is 3. The van der Waals surface area contributed by atoms with Gasteiger partial charge in [-0.2, -0.15) is 5.10 Å². The van der Waals surface area contributed by atoms with E-state index in [1.807, 2.05) is 24.4 Å². The molecule has 0 aliphatic heterocycles. The van der Waals surface area contributed by atoms with E-state index >= 15 is 0 Å². The van der Waals surface area contributed by atoms with Gasteiger partial charge in [0.25, 0.3) is 5.91 Å². The Morgan fingerprint density at radius 1 is 1.19 bits per heavy atom. The normalized spacial score (nSPS) is 14.1. The Hall–Kier alpha value is -3.08. The molecule has 0 unspecified atom stereocenters. The van der Waals surface area contributed by atoms with Gasteiger partial charge in [0.15, 0.2) is 5.65 Å². The third-order valence-electron chi connectivity index (χ3n) is 5.29. The lowest BCUT2D eigenvalue weighted by Crippen LogP contribution is -2.25. The predicted molar refractivity (Wildman–Crippen MR) is 124 cm³/mol. The first kappa shape index (κ1) is 20.8. The van der Waals surface area contributed by atoms with Gasteiger partial charge in [-0.05, 0) is 55.5 Å². The Morgan fingerprint density at radius 3 is 2.72 bits per heavy atom. The fourth-order valence-corrected chi connectivity index (χ4v) is 5.64. The molecule has 0 saturated heterocycles. The fraction of sp³-hybridized carbons (Fsp3) is 0.227. The Morgan fingerprint density at radius 2 is 2.00 bits per heavy atom. The second-order valence-electron chi connectivity index (χ2n) is 7.82. The molecular formula is C22H21N5O3S2. The summed E-state index contributed by atoms with van der Waals surface area (Å²) in [5.74, 6) is -0.351. The molecule has 1 aliphatic rings. The van der Waals surface area contributed by atoms with Gasteiger partial charge in [0.05, 0.1) is 32.1 Å². The summed E-state index contributed by atoms with van der Waals surface area (Å²) in [6, 6.07) is 11.9. The second-order valence-corrected chi connectivity index (χ2v) is 10.5. The van der Waals surface area contributed by atoms with Crippen LogP contribution in [0.1, 0.15) is 28.9 Å². The van der Waals surface area contributed by atoms with Crippen molar-refractivity contribution >= 4 is 44.0 Å². The van der Waals surface area contributed by atoms with Crippen LogP contribution in [0.5, 0.6) is 0 Å². The lowest BCUT2D eigenvalue weighted by atomic mass is 10.1. The van der Waals surface area contributed by atoms with Gasteiger partial charge >= 0.3 is 0 Å². The van der Waals surface area contributed by atoms with Crippen LogP contribution in [0.15, 0.2) is 52.7 Å². The van der Waals surface area contributed by atoms with Gasteiger partial charge in [-0.1, -0.05) is 12.1 Å². The number of anilines is 1. The number of pyridine rings is 1. The van der Waals surface area contributed by atoms with Crippen LogP contribution in [-0.2, 0) is 17.1 Å². The number of rotatable bonds is 6. The molecule has 3 aromatic heterocycles. The molecule has 8 nitrogen and oxygen atoms in total. The van der Waals surface area contributed by atoms with Crippen molar-refractivity contribution in [1.29, 1.82) is 0 Å². The maximum atomic E-state index is 13.3.